The number of nitrogens with zero attached hydrogens (tertiary/aromatic N) is 4. The zero-order valence-corrected chi connectivity index (χ0v) is 13.6. The van der Waals surface area contributed by atoms with E-state index in [9.17, 15) is 14.9 Å². The van der Waals surface area contributed by atoms with E-state index in [2.05, 4.69) is 10.00 Å². The van der Waals surface area contributed by atoms with Gasteiger partial charge in [0.15, 0.2) is 5.75 Å². The van der Waals surface area contributed by atoms with Crippen LogP contribution in [0.25, 0.3) is 11.1 Å². The van der Waals surface area contributed by atoms with Gasteiger partial charge in [0.25, 0.3) is 0 Å². The van der Waals surface area contributed by atoms with E-state index in [4.69, 9.17) is 4.74 Å². The van der Waals surface area contributed by atoms with Gasteiger partial charge < -0.3 is 9.64 Å². The van der Waals surface area contributed by atoms with Gasteiger partial charge in [0.1, 0.15) is 5.78 Å². The number of piperidine rings is 1. The third-order valence-corrected chi connectivity index (χ3v) is 4.17. The molecular weight excluding hydrogens is 312 g/mol. The molecule has 1 aliphatic heterocycles. The smallest absolute Gasteiger partial charge is 0.311 e. The number of aromatic nitrogens is 2. The van der Waals surface area contributed by atoms with Crippen LogP contribution in [-0.4, -0.2) is 40.7 Å². The zero-order valence-electron chi connectivity index (χ0n) is 13.6. The van der Waals surface area contributed by atoms with Crippen molar-refractivity contribution in [3.8, 4) is 16.9 Å². The number of Topliss-reactive ketones (excluding diaryl/α,β-unsaturated/α-hetero) is 1. The first-order valence-electron chi connectivity index (χ1n) is 7.61. The Kier molecular flexibility index (Phi) is 4.20. The molecule has 0 bridgehead atoms. The Balaban J connectivity index is 2.14. The molecule has 126 valence electrons. The van der Waals surface area contributed by atoms with Gasteiger partial charge in [0.2, 0.25) is 0 Å². The van der Waals surface area contributed by atoms with E-state index in [1.54, 1.807) is 24.0 Å². The first-order chi connectivity index (χ1) is 11.5. The Morgan fingerprint density at radius 3 is 2.54 bits per heavy atom. The maximum absolute atomic E-state index is 11.5. The summed E-state index contributed by atoms with van der Waals surface area (Å²) in [7, 11) is 3.20. The lowest BCUT2D eigenvalue weighted by Crippen LogP contribution is -2.34. The molecule has 1 aromatic heterocycles. The number of ether oxygens (including phenoxy) is 1. The van der Waals surface area contributed by atoms with Crippen molar-refractivity contribution < 1.29 is 14.5 Å². The summed E-state index contributed by atoms with van der Waals surface area (Å²) in [6.45, 7) is 1.18. The summed E-state index contributed by atoms with van der Waals surface area (Å²) in [5.74, 6) is 0.447. The Hall–Kier alpha value is -2.90. The van der Waals surface area contributed by atoms with Crippen molar-refractivity contribution in [3.63, 3.8) is 0 Å². The monoisotopic (exact) mass is 330 g/mol. The van der Waals surface area contributed by atoms with E-state index < -0.39 is 4.92 Å². The molecule has 8 nitrogen and oxygen atoms in total. The lowest BCUT2D eigenvalue weighted by Gasteiger charge is -2.30. The number of nitro groups is 1. The maximum Gasteiger partial charge on any atom is 0.311 e. The highest BCUT2D eigenvalue weighted by molar-refractivity contribution is 5.85. The number of methoxy groups -OCH3 is 1. The molecule has 0 N–H and O–H groups in total. The quantitative estimate of drug-likeness (QED) is 0.630. The summed E-state index contributed by atoms with van der Waals surface area (Å²) < 4.78 is 6.85. The highest BCUT2D eigenvalue weighted by Gasteiger charge is 2.25. The van der Waals surface area contributed by atoms with Crippen LogP contribution in [0, 0.1) is 10.1 Å². The average Bonchev–Trinajstić information content (AvgIpc) is 3.00. The van der Waals surface area contributed by atoms with Gasteiger partial charge in [0, 0.05) is 68.1 Å². The van der Waals surface area contributed by atoms with Gasteiger partial charge in [-0.1, -0.05) is 0 Å². The molecule has 0 saturated carbocycles. The van der Waals surface area contributed by atoms with E-state index in [0.717, 1.165) is 11.3 Å². The summed E-state index contributed by atoms with van der Waals surface area (Å²) in [4.78, 5) is 24.5. The minimum atomic E-state index is -0.456. The van der Waals surface area contributed by atoms with E-state index in [1.807, 2.05) is 6.20 Å². The predicted octanol–water partition coefficient (Wildman–Crippen LogP) is 2.17. The second kappa shape index (κ2) is 6.31. The molecule has 0 atom stereocenters. The van der Waals surface area contributed by atoms with Gasteiger partial charge in [-0.2, -0.15) is 5.10 Å². The van der Waals surface area contributed by atoms with Crippen LogP contribution < -0.4 is 9.64 Å². The van der Waals surface area contributed by atoms with Crippen LogP contribution in [0.4, 0.5) is 11.4 Å². The molecule has 24 heavy (non-hydrogen) atoms. The zero-order chi connectivity index (χ0) is 17.3. The Labute approximate surface area is 138 Å². The number of ketones is 1. The molecule has 0 unspecified atom stereocenters. The van der Waals surface area contributed by atoms with Crippen molar-refractivity contribution >= 4 is 17.2 Å². The summed E-state index contributed by atoms with van der Waals surface area (Å²) in [5, 5.41) is 15.5. The Morgan fingerprint density at radius 1 is 1.29 bits per heavy atom. The normalized spacial score (nSPS) is 14.8. The number of rotatable bonds is 4. The highest BCUT2D eigenvalue weighted by Crippen LogP contribution is 2.40. The van der Waals surface area contributed by atoms with Crippen molar-refractivity contribution in [3.05, 3.63) is 34.6 Å². The third kappa shape index (κ3) is 2.94. The molecule has 3 rings (SSSR count). The Bertz CT molecular complexity index is 789. The van der Waals surface area contributed by atoms with E-state index in [0.29, 0.717) is 31.5 Å². The van der Waals surface area contributed by atoms with Crippen molar-refractivity contribution in [2.45, 2.75) is 12.8 Å². The fourth-order valence-electron chi connectivity index (χ4n) is 2.91. The SMILES string of the molecule is COc1cc(N2CCC(=O)CC2)c(-c2cnn(C)c2)cc1[N+](=O)[O-]. The molecule has 0 radical (unpaired) electrons. The molecule has 2 aromatic rings. The predicted molar refractivity (Wildman–Crippen MR) is 88.3 cm³/mol. The van der Waals surface area contributed by atoms with Gasteiger partial charge in [-0.15, -0.1) is 0 Å². The summed E-state index contributed by atoms with van der Waals surface area (Å²) in [5.41, 5.74) is 2.23. The van der Waals surface area contributed by atoms with Gasteiger partial charge >= 0.3 is 5.69 Å². The lowest BCUT2D eigenvalue weighted by molar-refractivity contribution is -0.385. The maximum atomic E-state index is 11.5. The van der Waals surface area contributed by atoms with E-state index >= 15 is 0 Å². The van der Waals surface area contributed by atoms with E-state index in [-0.39, 0.29) is 17.2 Å². The number of carbonyl (C=O) groups excluding carboxylic acids is 1. The number of hydrogen-bond donors (Lipinski definition) is 0. The fourth-order valence-corrected chi connectivity index (χ4v) is 2.91. The molecule has 2 heterocycles. The molecule has 8 heteroatoms. The summed E-state index contributed by atoms with van der Waals surface area (Å²) in [6, 6.07) is 3.19. The molecule has 0 spiro atoms. The molecule has 1 saturated heterocycles. The minimum absolute atomic E-state index is 0.0896. The topological polar surface area (TPSA) is 90.5 Å². The molecular formula is C16H18N4O4. The third-order valence-electron chi connectivity index (χ3n) is 4.17. The molecule has 1 fully saturated rings. The van der Waals surface area contributed by atoms with Gasteiger partial charge in [-0.05, 0) is 0 Å². The van der Waals surface area contributed by atoms with Crippen molar-refractivity contribution in [2.75, 3.05) is 25.1 Å². The fraction of sp³-hybridized carbons (Fsp3) is 0.375. The van der Waals surface area contributed by atoms with E-state index in [1.165, 1.54) is 13.2 Å². The average molecular weight is 330 g/mol. The second-order valence-electron chi connectivity index (χ2n) is 5.73. The minimum Gasteiger partial charge on any atom is -0.490 e. The van der Waals surface area contributed by atoms with Crippen molar-refractivity contribution in [1.29, 1.82) is 0 Å². The molecule has 0 aliphatic carbocycles. The molecule has 1 aromatic carbocycles. The van der Waals surface area contributed by atoms with Gasteiger partial charge in [0.05, 0.1) is 18.2 Å². The first-order valence-corrected chi connectivity index (χ1v) is 7.61. The Morgan fingerprint density at radius 2 is 2.00 bits per heavy atom. The van der Waals surface area contributed by atoms with Crippen LogP contribution >= 0.6 is 0 Å². The molecule has 1 aliphatic rings. The second-order valence-corrected chi connectivity index (χ2v) is 5.73. The summed E-state index contributed by atoms with van der Waals surface area (Å²) >= 11 is 0. The van der Waals surface area contributed by atoms with Gasteiger partial charge in [-0.25, -0.2) is 0 Å². The van der Waals surface area contributed by atoms with Crippen LogP contribution in [0.2, 0.25) is 0 Å². The number of benzene rings is 1. The highest BCUT2D eigenvalue weighted by atomic mass is 16.6. The van der Waals surface area contributed by atoms with Crippen LogP contribution in [0.15, 0.2) is 24.5 Å². The number of anilines is 1. The standard InChI is InChI=1S/C16H18N4O4/c1-18-10-11(9-17-18)13-7-15(20(22)23)16(24-2)8-14(13)19-5-3-12(21)4-6-19/h7-10H,3-6H2,1-2H3. The summed E-state index contributed by atoms with van der Waals surface area (Å²) in [6.07, 6.45) is 4.44. The molecule has 0 amide bonds. The number of aryl methyl sites for hydroxylation is 1. The van der Waals surface area contributed by atoms with Crippen molar-refractivity contribution in [2.24, 2.45) is 7.05 Å². The van der Waals surface area contributed by atoms with Crippen LogP contribution in [-0.2, 0) is 11.8 Å². The number of nitro benzene ring substituents is 1. The van der Waals surface area contributed by atoms with Crippen LogP contribution in [0.5, 0.6) is 5.75 Å². The first kappa shape index (κ1) is 16.0. The van der Waals surface area contributed by atoms with Crippen LogP contribution in [0.3, 0.4) is 0 Å². The van der Waals surface area contributed by atoms with Crippen LogP contribution in [0.1, 0.15) is 12.8 Å². The number of carbonyl (C=O) groups is 1. The largest absolute Gasteiger partial charge is 0.490 e. The lowest BCUT2D eigenvalue weighted by atomic mass is 10.0. The van der Waals surface area contributed by atoms with Crippen molar-refractivity contribution in [1.82, 2.24) is 9.78 Å². The van der Waals surface area contributed by atoms with Gasteiger partial charge in [-0.3, -0.25) is 19.6 Å². The number of hydrogen-bond acceptors (Lipinski definition) is 6.